The molecule has 146 valence electrons. The number of nitrogens with one attached hydrogen (secondary N) is 2. The minimum absolute atomic E-state index is 0.117. The molecule has 0 saturated heterocycles. The van der Waals surface area contributed by atoms with E-state index in [9.17, 15) is 4.79 Å². The van der Waals surface area contributed by atoms with Crippen molar-refractivity contribution in [1.82, 2.24) is 20.1 Å². The lowest BCUT2D eigenvalue weighted by Gasteiger charge is -2.16. The molecule has 2 aromatic heterocycles. The van der Waals surface area contributed by atoms with Crippen LogP contribution in [0.2, 0.25) is 0 Å². The number of rotatable bonds is 7. The molecular formula is C18H21N7O2S. The van der Waals surface area contributed by atoms with E-state index in [1.54, 1.807) is 19.9 Å². The van der Waals surface area contributed by atoms with E-state index in [0.29, 0.717) is 23.4 Å². The Morgan fingerprint density at radius 2 is 1.93 bits per heavy atom. The Bertz CT molecular complexity index is 948. The van der Waals surface area contributed by atoms with Crippen molar-refractivity contribution >= 4 is 41.1 Å². The number of nitrogen functional groups attached to an aromatic ring is 1. The standard InChI is InChI=1S/C18H21N7O2S/c1-10-9-14(25-27-10)21-16(26)12(3)28-11(2)15-22-17(19)24-18(23-15)20-13-7-5-4-6-8-13/h4-9,11-12H,1-3H3,(H,21,25,26)(H3,19,20,22,23,24). The number of carbonyl (C=O) groups is 1. The monoisotopic (exact) mass is 399 g/mol. The number of aryl methyl sites for hydroxylation is 1. The second-order valence-electron chi connectivity index (χ2n) is 6.10. The summed E-state index contributed by atoms with van der Waals surface area (Å²) in [5.41, 5.74) is 6.68. The average molecular weight is 399 g/mol. The van der Waals surface area contributed by atoms with Crippen molar-refractivity contribution in [3.8, 4) is 0 Å². The first-order valence-electron chi connectivity index (χ1n) is 8.64. The first kappa shape index (κ1) is 19.6. The lowest BCUT2D eigenvalue weighted by molar-refractivity contribution is -0.115. The van der Waals surface area contributed by atoms with Gasteiger partial charge >= 0.3 is 0 Å². The van der Waals surface area contributed by atoms with Crippen LogP contribution in [0.5, 0.6) is 0 Å². The van der Waals surface area contributed by atoms with Crippen LogP contribution >= 0.6 is 11.8 Å². The lowest BCUT2D eigenvalue weighted by atomic mass is 10.3. The van der Waals surface area contributed by atoms with Gasteiger partial charge in [-0.1, -0.05) is 23.4 Å². The van der Waals surface area contributed by atoms with Crippen LogP contribution in [0.1, 0.15) is 30.7 Å². The molecule has 0 aliphatic heterocycles. The minimum atomic E-state index is -0.365. The third-order valence-electron chi connectivity index (χ3n) is 3.72. The fraction of sp³-hybridized carbons (Fsp3) is 0.278. The van der Waals surface area contributed by atoms with Crippen LogP contribution in [-0.4, -0.2) is 31.3 Å². The van der Waals surface area contributed by atoms with Gasteiger partial charge in [-0.2, -0.15) is 15.0 Å². The molecule has 0 bridgehead atoms. The van der Waals surface area contributed by atoms with Crippen LogP contribution in [-0.2, 0) is 4.79 Å². The highest BCUT2D eigenvalue weighted by molar-refractivity contribution is 8.00. The van der Waals surface area contributed by atoms with Gasteiger partial charge in [-0.15, -0.1) is 11.8 Å². The number of nitrogens with zero attached hydrogens (tertiary/aromatic N) is 4. The number of benzene rings is 1. The molecule has 0 fully saturated rings. The Balaban J connectivity index is 1.66. The molecule has 0 spiro atoms. The lowest BCUT2D eigenvalue weighted by Crippen LogP contribution is -2.23. The number of aromatic nitrogens is 4. The predicted molar refractivity (Wildman–Crippen MR) is 109 cm³/mol. The van der Waals surface area contributed by atoms with E-state index in [1.165, 1.54) is 11.8 Å². The summed E-state index contributed by atoms with van der Waals surface area (Å²) in [5, 5.41) is 9.04. The zero-order valence-electron chi connectivity index (χ0n) is 15.7. The Labute approximate surface area is 166 Å². The van der Waals surface area contributed by atoms with Crippen LogP contribution in [0.15, 0.2) is 40.9 Å². The topological polar surface area (TPSA) is 132 Å². The average Bonchev–Trinajstić information content (AvgIpc) is 3.06. The highest BCUT2D eigenvalue weighted by Gasteiger charge is 2.21. The second kappa shape index (κ2) is 8.70. The summed E-state index contributed by atoms with van der Waals surface area (Å²) in [5.74, 6) is 1.80. The van der Waals surface area contributed by atoms with E-state index < -0.39 is 0 Å². The van der Waals surface area contributed by atoms with Crippen LogP contribution in [0.3, 0.4) is 0 Å². The Morgan fingerprint density at radius 3 is 2.61 bits per heavy atom. The van der Waals surface area contributed by atoms with E-state index in [0.717, 1.165) is 5.69 Å². The van der Waals surface area contributed by atoms with Gasteiger partial charge in [0.15, 0.2) is 5.82 Å². The van der Waals surface area contributed by atoms with E-state index in [1.807, 2.05) is 37.3 Å². The molecule has 2 unspecified atom stereocenters. The van der Waals surface area contributed by atoms with Gasteiger partial charge in [-0.3, -0.25) is 4.79 Å². The van der Waals surface area contributed by atoms with Crippen molar-refractivity contribution in [2.75, 3.05) is 16.4 Å². The maximum atomic E-state index is 12.4. The smallest absolute Gasteiger partial charge is 0.238 e. The van der Waals surface area contributed by atoms with Crippen molar-refractivity contribution in [3.05, 3.63) is 48.0 Å². The number of thioether (sulfide) groups is 1. The molecule has 2 heterocycles. The van der Waals surface area contributed by atoms with Crippen molar-refractivity contribution in [1.29, 1.82) is 0 Å². The fourth-order valence-electron chi connectivity index (χ4n) is 2.38. The SMILES string of the molecule is Cc1cc(NC(=O)C(C)SC(C)c2nc(N)nc(Nc3ccccc3)n2)no1. The number of hydrogen-bond acceptors (Lipinski definition) is 9. The maximum absolute atomic E-state index is 12.4. The highest BCUT2D eigenvalue weighted by Crippen LogP contribution is 2.31. The Kier molecular flexibility index (Phi) is 6.09. The molecule has 0 aliphatic rings. The van der Waals surface area contributed by atoms with Crippen molar-refractivity contribution < 1.29 is 9.32 Å². The van der Waals surface area contributed by atoms with Gasteiger partial charge in [0.2, 0.25) is 17.8 Å². The molecule has 4 N–H and O–H groups in total. The zero-order chi connectivity index (χ0) is 20.1. The van der Waals surface area contributed by atoms with Gasteiger partial charge in [0.1, 0.15) is 11.6 Å². The van der Waals surface area contributed by atoms with Crippen molar-refractivity contribution in [2.45, 2.75) is 31.3 Å². The highest BCUT2D eigenvalue weighted by atomic mass is 32.2. The number of anilines is 4. The molecule has 3 rings (SSSR count). The molecule has 0 saturated carbocycles. The first-order chi connectivity index (χ1) is 13.4. The molecule has 2 atom stereocenters. The van der Waals surface area contributed by atoms with E-state index in [4.69, 9.17) is 10.3 Å². The molecular weight excluding hydrogens is 378 g/mol. The quantitative estimate of drug-likeness (QED) is 0.547. The molecule has 10 heteroatoms. The fourth-order valence-corrected chi connectivity index (χ4v) is 3.40. The van der Waals surface area contributed by atoms with Crippen LogP contribution < -0.4 is 16.4 Å². The summed E-state index contributed by atoms with van der Waals surface area (Å²) in [7, 11) is 0. The number of hydrogen-bond donors (Lipinski definition) is 3. The number of amides is 1. The zero-order valence-corrected chi connectivity index (χ0v) is 16.5. The van der Waals surface area contributed by atoms with Gasteiger partial charge in [0, 0.05) is 11.8 Å². The summed E-state index contributed by atoms with van der Waals surface area (Å²) >= 11 is 1.40. The summed E-state index contributed by atoms with van der Waals surface area (Å²) in [6, 6.07) is 11.2. The van der Waals surface area contributed by atoms with Crippen LogP contribution in [0.25, 0.3) is 0 Å². The van der Waals surface area contributed by atoms with Crippen molar-refractivity contribution in [3.63, 3.8) is 0 Å². The Morgan fingerprint density at radius 1 is 1.18 bits per heavy atom. The molecule has 3 aromatic rings. The van der Waals surface area contributed by atoms with E-state index in [2.05, 4.69) is 30.7 Å². The number of para-hydroxylation sites is 1. The molecule has 1 aromatic carbocycles. The summed E-state index contributed by atoms with van der Waals surface area (Å²) in [4.78, 5) is 25.1. The predicted octanol–water partition coefficient (Wildman–Crippen LogP) is 3.32. The second-order valence-corrected chi connectivity index (χ2v) is 7.79. The Hall–Kier alpha value is -3.14. The minimum Gasteiger partial charge on any atom is -0.368 e. The first-order valence-corrected chi connectivity index (χ1v) is 9.58. The summed E-state index contributed by atoms with van der Waals surface area (Å²) in [6.45, 7) is 5.47. The normalized spacial score (nSPS) is 13.0. The number of carbonyl (C=O) groups excluding carboxylic acids is 1. The van der Waals surface area contributed by atoms with Gasteiger partial charge in [0.25, 0.3) is 0 Å². The van der Waals surface area contributed by atoms with E-state index >= 15 is 0 Å². The van der Waals surface area contributed by atoms with Crippen molar-refractivity contribution in [2.24, 2.45) is 0 Å². The third-order valence-corrected chi connectivity index (χ3v) is 4.96. The van der Waals surface area contributed by atoms with Gasteiger partial charge in [-0.05, 0) is 32.9 Å². The van der Waals surface area contributed by atoms with Gasteiger partial charge in [0.05, 0.1) is 10.5 Å². The summed E-state index contributed by atoms with van der Waals surface area (Å²) in [6.07, 6.45) is 0. The third kappa shape index (κ3) is 5.19. The molecule has 28 heavy (non-hydrogen) atoms. The van der Waals surface area contributed by atoms with Crippen LogP contribution in [0, 0.1) is 6.92 Å². The molecule has 1 amide bonds. The number of nitrogens with two attached hydrogens (primary N) is 1. The summed E-state index contributed by atoms with van der Waals surface area (Å²) < 4.78 is 4.95. The molecule has 0 aliphatic carbocycles. The molecule has 0 radical (unpaired) electrons. The molecule has 9 nitrogen and oxygen atoms in total. The van der Waals surface area contributed by atoms with Gasteiger partial charge in [-0.25, -0.2) is 0 Å². The van der Waals surface area contributed by atoms with Gasteiger partial charge < -0.3 is 20.9 Å². The maximum Gasteiger partial charge on any atom is 0.238 e. The largest absolute Gasteiger partial charge is 0.368 e. The van der Waals surface area contributed by atoms with Crippen LogP contribution in [0.4, 0.5) is 23.4 Å². The van der Waals surface area contributed by atoms with E-state index in [-0.39, 0.29) is 22.4 Å².